The highest BCUT2D eigenvalue weighted by Crippen LogP contribution is 2.29. The quantitative estimate of drug-likeness (QED) is 0.745. The molecule has 0 unspecified atom stereocenters. The molecular weight excluding hydrogens is 264 g/mol. The minimum atomic E-state index is 0.514. The molecule has 2 heterocycles. The smallest absolute Gasteiger partial charge is 0.230 e. The second-order valence-electron chi connectivity index (χ2n) is 4.81. The summed E-state index contributed by atoms with van der Waals surface area (Å²) in [5, 5.41) is 0.828. The van der Waals surface area contributed by atoms with Gasteiger partial charge in [-0.25, -0.2) is 9.97 Å². The maximum atomic E-state index is 5.95. The molecule has 0 aliphatic heterocycles. The molecule has 0 amide bonds. The van der Waals surface area contributed by atoms with E-state index in [1.807, 2.05) is 38.1 Å². The highest BCUT2D eigenvalue weighted by atomic mass is 16.5. The van der Waals surface area contributed by atoms with Crippen LogP contribution in [0.4, 0.5) is 5.69 Å². The van der Waals surface area contributed by atoms with E-state index in [9.17, 15) is 0 Å². The Morgan fingerprint density at radius 2 is 2.00 bits per heavy atom. The van der Waals surface area contributed by atoms with Gasteiger partial charge in [-0.05, 0) is 43.7 Å². The summed E-state index contributed by atoms with van der Waals surface area (Å²) in [4.78, 5) is 12.9. The van der Waals surface area contributed by atoms with Crippen molar-refractivity contribution in [2.24, 2.45) is 0 Å². The molecule has 0 atom stereocenters. The van der Waals surface area contributed by atoms with Gasteiger partial charge in [-0.2, -0.15) is 0 Å². The minimum absolute atomic E-state index is 0.514. The molecule has 0 bridgehead atoms. The number of nitrogen functional groups attached to an aromatic ring is 1. The first-order chi connectivity index (χ1) is 10.2. The molecule has 0 aliphatic rings. The van der Waals surface area contributed by atoms with Crippen LogP contribution in [0.3, 0.4) is 0 Å². The van der Waals surface area contributed by atoms with E-state index in [0.29, 0.717) is 11.6 Å². The zero-order chi connectivity index (χ0) is 14.8. The third kappa shape index (κ3) is 2.63. The Bertz CT molecular complexity index is 801. The van der Waals surface area contributed by atoms with Gasteiger partial charge in [-0.3, -0.25) is 4.98 Å². The van der Waals surface area contributed by atoms with Crippen molar-refractivity contribution in [2.75, 3.05) is 5.73 Å². The second-order valence-corrected chi connectivity index (χ2v) is 4.81. The molecule has 0 fully saturated rings. The van der Waals surface area contributed by atoms with E-state index in [2.05, 4.69) is 15.0 Å². The van der Waals surface area contributed by atoms with Crippen molar-refractivity contribution >= 4 is 16.6 Å². The molecule has 0 spiro atoms. The van der Waals surface area contributed by atoms with E-state index >= 15 is 0 Å². The van der Waals surface area contributed by atoms with Gasteiger partial charge < -0.3 is 10.5 Å². The summed E-state index contributed by atoms with van der Waals surface area (Å²) in [6, 6.07) is 9.33. The van der Waals surface area contributed by atoms with Gasteiger partial charge in [0.05, 0.1) is 16.6 Å². The zero-order valence-corrected chi connectivity index (χ0v) is 12.0. The minimum Gasteiger partial charge on any atom is -0.436 e. The van der Waals surface area contributed by atoms with Crippen LogP contribution in [-0.2, 0) is 6.42 Å². The van der Waals surface area contributed by atoms with Gasteiger partial charge in [-0.15, -0.1) is 0 Å². The summed E-state index contributed by atoms with van der Waals surface area (Å²) in [5.41, 5.74) is 9.09. The molecule has 5 nitrogen and oxygen atoms in total. The number of benzene rings is 1. The fraction of sp³-hybridized carbons (Fsp3) is 0.188. The van der Waals surface area contributed by atoms with Gasteiger partial charge in [0.25, 0.3) is 0 Å². The lowest BCUT2D eigenvalue weighted by atomic mass is 10.2. The van der Waals surface area contributed by atoms with Gasteiger partial charge in [0.15, 0.2) is 5.75 Å². The van der Waals surface area contributed by atoms with Crippen molar-refractivity contribution < 1.29 is 4.74 Å². The van der Waals surface area contributed by atoms with Crippen LogP contribution in [0.15, 0.2) is 36.7 Å². The SMILES string of the molecule is CCc1nc(C)ccc1Oc1ncnc2cc(N)ccc12. The van der Waals surface area contributed by atoms with Gasteiger partial charge >= 0.3 is 0 Å². The van der Waals surface area contributed by atoms with Crippen LogP contribution in [-0.4, -0.2) is 15.0 Å². The average molecular weight is 280 g/mol. The maximum absolute atomic E-state index is 5.95. The van der Waals surface area contributed by atoms with E-state index in [4.69, 9.17) is 10.5 Å². The van der Waals surface area contributed by atoms with Gasteiger partial charge in [0, 0.05) is 11.4 Å². The highest BCUT2D eigenvalue weighted by Gasteiger charge is 2.10. The Balaban J connectivity index is 2.06. The predicted octanol–water partition coefficient (Wildman–Crippen LogP) is 3.27. The predicted molar refractivity (Wildman–Crippen MR) is 82.4 cm³/mol. The van der Waals surface area contributed by atoms with Crippen molar-refractivity contribution in [1.29, 1.82) is 0 Å². The molecular formula is C16H16N4O. The summed E-state index contributed by atoms with van der Waals surface area (Å²) in [6.45, 7) is 4.01. The molecule has 3 rings (SSSR count). The molecule has 1 aromatic carbocycles. The van der Waals surface area contributed by atoms with Crippen LogP contribution in [0.1, 0.15) is 18.3 Å². The fourth-order valence-corrected chi connectivity index (χ4v) is 2.18. The Morgan fingerprint density at radius 3 is 2.81 bits per heavy atom. The number of ether oxygens (including phenoxy) is 1. The fourth-order valence-electron chi connectivity index (χ4n) is 2.18. The summed E-state index contributed by atoms with van der Waals surface area (Å²) in [7, 11) is 0. The largest absolute Gasteiger partial charge is 0.436 e. The highest BCUT2D eigenvalue weighted by molar-refractivity contribution is 5.86. The molecule has 5 heteroatoms. The van der Waals surface area contributed by atoms with Crippen molar-refractivity contribution in [3.05, 3.63) is 48.0 Å². The lowest BCUT2D eigenvalue weighted by molar-refractivity contribution is 0.459. The van der Waals surface area contributed by atoms with Crippen molar-refractivity contribution in [2.45, 2.75) is 20.3 Å². The number of fused-ring (bicyclic) bond motifs is 1. The Morgan fingerprint density at radius 1 is 1.14 bits per heavy atom. The van der Waals surface area contributed by atoms with Gasteiger partial charge in [0.2, 0.25) is 5.88 Å². The third-order valence-electron chi connectivity index (χ3n) is 3.24. The summed E-state index contributed by atoms with van der Waals surface area (Å²) >= 11 is 0. The lowest BCUT2D eigenvalue weighted by Gasteiger charge is -2.11. The maximum Gasteiger partial charge on any atom is 0.230 e. The van der Waals surface area contributed by atoms with Crippen LogP contribution in [0, 0.1) is 6.92 Å². The van der Waals surface area contributed by atoms with Crippen LogP contribution >= 0.6 is 0 Å². The van der Waals surface area contributed by atoms with Crippen molar-refractivity contribution in [3.63, 3.8) is 0 Å². The number of nitrogens with zero attached hydrogens (tertiary/aromatic N) is 3. The molecule has 2 N–H and O–H groups in total. The molecule has 0 saturated heterocycles. The number of aromatic nitrogens is 3. The van der Waals surface area contributed by atoms with Crippen LogP contribution in [0.25, 0.3) is 10.9 Å². The third-order valence-corrected chi connectivity index (χ3v) is 3.24. The molecule has 106 valence electrons. The van der Waals surface area contributed by atoms with Crippen LogP contribution < -0.4 is 10.5 Å². The summed E-state index contributed by atoms with van der Waals surface area (Å²) in [6.07, 6.45) is 2.28. The summed E-state index contributed by atoms with van der Waals surface area (Å²) in [5.74, 6) is 1.24. The standard InChI is InChI=1S/C16H16N4O/c1-3-13-15(7-4-10(2)20-13)21-16-12-6-5-11(17)8-14(12)18-9-19-16/h4-9H,3,17H2,1-2H3. The first kappa shape index (κ1) is 13.3. The number of hydrogen-bond donors (Lipinski definition) is 1. The molecule has 2 aromatic heterocycles. The molecule has 0 saturated carbocycles. The molecule has 21 heavy (non-hydrogen) atoms. The van der Waals surface area contributed by atoms with Crippen LogP contribution in [0.2, 0.25) is 0 Å². The van der Waals surface area contributed by atoms with Gasteiger partial charge in [-0.1, -0.05) is 6.92 Å². The number of pyridine rings is 1. The molecule has 3 aromatic rings. The monoisotopic (exact) mass is 280 g/mol. The lowest BCUT2D eigenvalue weighted by Crippen LogP contribution is -1.98. The number of nitrogens with two attached hydrogens (primary N) is 1. The number of rotatable bonds is 3. The number of hydrogen-bond acceptors (Lipinski definition) is 5. The van der Waals surface area contributed by atoms with E-state index in [0.717, 1.165) is 34.5 Å². The molecule has 0 radical (unpaired) electrons. The topological polar surface area (TPSA) is 73.9 Å². The Kier molecular flexibility index (Phi) is 3.39. The van der Waals surface area contributed by atoms with Crippen molar-refractivity contribution in [1.82, 2.24) is 15.0 Å². The van der Waals surface area contributed by atoms with Crippen molar-refractivity contribution in [3.8, 4) is 11.6 Å². The summed E-state index contributed by atoms with van der Waals surface area (Å²) < 4.78 is 5.95. The molecule has 0 aliphatic carbocycles. The number of aryl methyl sites for hydroxylation is 2. The Hall–Kier alpha value is -2.69. The van der Waals surface area contributed by atoms with E-state index in [1.165, 1.54) is 6.33 Å². The van der Waals surface area contributed by atoms with E-state index in [-0.39, 0.29) is 0 Å². The van der Waals surface area contributed by atoms with E-state index < -0.39 is 0 Å². The first-order valence-corrected chi connectivity index (χ1v) is 6.82. The Labute approximate surface area is 122 Å². The first-order valence-electron chi connectivity index (χ1n) is 6.82. The zero-order valence-electron chi connectivity index (χ0n) is 12.0. The normalized spacial score (nSPS) is 10.8. The average Bonchev–Trinajstić information content (AvgIpc) is 2.49. The van der Waals surface area contributed by atoms with Gasteiger partial charge in [0.1, 0.15) is 6.33 Å². The number of anilines is 1. The van der Waals surface area contributed by atoms with E-state index in [1.54, 1.807) is 6.07 Å². The van der Waals surface area contributed by atoms with Crippen LogP contribution in [0.5, 0.6) is 11.6 Å². The second kappa shape index (κ2) is 5.36.